The molecule has 0 heterocycles. The van der Waals surface area contributed by atoms with E-state index in [0.717, 1.165) is 24.9 Å². The molecule has 4 rings (SSSR count). The molecule has 4 aliphatic rings. The van der Waals surface area contributed by atoms with Crippen molar-refractivity contribution in [3.05, 3.63) is 0 Å². The van der Waals surface area contributed by atoms with Gasteiger partial charge in [-0.25, -0.2) is 4.79 Å². The van der Waals surface area contributed by atoms with Crippen LogP contribution in [0.4, 0.5) is 4.79 Å². The summed E-state index contributed by atoms with van der Waals surface area (Å²) in [6.45, 7) is 14.7. The van der Waals surface area contributed by atoms with Gasteiger partial charge in [0.05, 0.1) is 18.2 Å². The quantitative estimate of drug-likeness (QED) is 0.465. The number of aliphatic hydroxyl groups is 1. The Kier molecular flexibility index (Phi) is 8.20. The summed E-state index contributed by atoms with van der Waals surface area (Å²) in [4.78, 5) is 12.1. The van der Waals surface area contributed by atoms with Crippen molar-refractivity contribution in [3.63, 3.8) is 0 Å². The van der Waals surface area contributed by atoms with Gasteiger partial charge < -0.3 is 24.6 Å². The van der Waals surface area contributed by atoms with E-state index in [2.05, 4.69) is 19.2 Å². The van der Waals surface area contributed by atoms with Crippen molar-refractivity contribution in [1.82, 2.24) is 5.32 Å². The Hall–Kier alpha value is -0.850. The molecule has 0 aromatic carbocycles. The second-order valence-corrected chi connectivity index (χ2v) is 12.5. The molecule has 0 aliphatic heterocycles. The molecule has 0 radical (unpaired) electrons. The standard InChI is InChI=1S/C26H47NO5/c1-16-10-20-11-21(12-20)14-26(7,13-16)22(30-15-19-8-9-19)18(3)31-23(28)17(2)27-24(29)32-25(4,5)6/h16-23,28H,8-15H2,1-7H3,(H,27,29)/t16?,17-,18-,20?,21?,22+,23?,26?/m0/s1. The van der Waals surface area contributed by atoms with Gasteiger partial charge in [-0.2, -0.15) is 0 Å². The Bertz CT molecular complexity index is 620. The van der Waals surface area contributed by atoms with E-state index < -0.39 is 24.0 Å². The van der Waals surface area contributed by atoms with Gasteiger partial charge in [0, 0.05) is 6.61 Å². The highest BCUT2D eigenvalue weighted by atomic mass is 16.6. The molecule has 6 nitrogen and oxygen atoms in total. The van der Waals surface area contributed by atoms with Crippen LogP contribution in [0.5, 0.6) is 0 Å². The minimum absolute atomic E-state index is 0.0192. The number of ether oxygens (including phenoxy) is 3. The first-order chi connectivity index (χ1) is 14.8. The van der Waals surface area contributed by atoms with Crippen molar-refractivity contribution >= 4 is 6.09 Å². The highest BCUT2D eigenvalue weighted by Crippen LogP contribution is 2.52. The number of hydrogen-bond donors (Lipinski definition) is 2. The average molecular weight is 454 g/mol. The SMILES string of the molecule is CC1CC2CC(C2)CC(C)([C@H](OCC2CC2)[C@H](C)OC(O)[C@H](C)NC(=O)OC(C)(C)C)C1. The van der Waals surface area contributed by atoms with Gasteiger partial charge in [-0.05, 0) is 109 Å². The molecule has 0 spiro atoms. The summed E-state index contributed by atoms with van der Waals surface area (Å²) < 4.78 is 18.0. The maximum atomic E-state index is 12.1. The van der Waals surface area contributed by atoms with E-state index in [-0.39, 0.29) is 17.6 Å². The van der Waals surface area contributed by atoms with Crippen LogP contribution in [0.2, 0.25) is 0 Å². The van der Waals surface area contributed by atoms with Crippen molar-refractivity contribution in [2.75, 3.05) is 6.61 Å². The molecular formula is C26H47NO5. The summed E-state index contributed by atoms with van der Waals surface area (Å²) in [7, 11) is 0. The predicted molar refractivity (Wildman–Crippen MR) is 125 cm³/mol. The molecule has 32 heavy (non-hydrogen) atoms. The molecule has 2 bridgehead atoms. The number of aliphatic hydroxyl groups excluding tert-OH is 1. The highest BCUT2D eigenvalue weighted by Gasteiger charge is 2.47. The molecular weight excluding hydrogens is 406 g/mol. The van der Waals surface area contributed by atoms with Crippen LogP contribution in [0.15, 0.2) is 0 Å². The van der Waals surface area contributed by atoms with Crippen LogP contribution in [-0.4, -0.2) is 47.9 Å². The minimum Gasteiger partial charge on any atom is -0.444 e. The molecule has 3 unspecified atom stereocenters. The van der Waals surface area contributed by atoms with Gasteiger partial charge in [0.25, 0.3) is 0 Å². The Morgan fingerprint density at radius 3 is 2.38 bits per heavy atom. The topological polar surface area (TPSA) is 77.0 Å². The minimum atomic E-state index is -1.13. The zero-order valence-corrected chi connectivity index (χ0v) is 21.4. The third kappa shape index (κ3) is 7.33. The Labute approximate surface area is 195 Å². The molecule has 6 atom stereocenters. The molecule has 0 aromatic rings. The maximum absolute atomic E-state index is 12.1. The number of rotatable bonds is 9. The summed E-state index contributed by atoms with van der Waals surface area (Å²) in [5.41, 5.74) is -0.569. The first-order valence-corrected chi connectivity index (χ1v) is 12.8. The monoisotopic (exact) mass is 453 g/mol. The zero-order chi connectivity index (χ0) is 23.7. The summed E-state index contributed by atoms with van der Waals surface area (Å²) >= 11 is 0. The zero-order valence-electron chi connectivity index (χ0n) is 21.4. The van der Waals surface area contributed by atoms with Gasteiger partial charge in [-0.3, -0.25) is 0 Å². The average Bonchev–Trinajstić information content (AvgIpc) is 3.40. The molecule has 4 fully saturated rings. The van der Waals surface area contributed by atoms with Crippen LogP contribution in [0.3, 0.4) is 0 Å². The van der Waals surface area contributed by atoms with E-state index in [1.807, 2.05) is 27.7 Å². The summed E-state index contributed by atoms with van der Waals surface area (Å²) in [6, 6.07) is -0.590. The molecule has 0 aromatic heterocycles. The first kappa shape index (κ1) is 25.8. The smallest absolute Gasteiger partial charge is 0.408 e. The Morgan fingerprint density at radius 2 is 1.78 bits per heavy atom. The number of hydrogen-bond acceptors (Lipinski definition) is 5. The van der Waals surface area contributed by atoms with Crippen molar-refractivity contribution in [2.24, 2.45) is 29.1 Å². The normalized spacial score (nSPS) is 34.3. The number of nitrogens with one attached hydrogen (secondary N) is 1. The van der Waals surface area contributed by atoms with Gasteiger partial charge in [-0.1, -0.05) is 13.8 Å². The van der Waals surface area contributed by atoms with E-state index in [0.29, 0.717) is 11.8 Å². The molecule has 0 saturated heterocycles. The number of carbonyl (C=O) groups is 1. The largest absolute Gasteiger partial charge is 0.444 e. The Balaban J connectivity index is 1.64. The van der Waals surface area contributed by atoms with Gasteiger partial charge >= 0.3 is 6.09 Å². The number of fused-ring (bicyclic) bond motifs is 4. The lowest BCUT2D eigenvalue weighted by atomic mass is 9.58. The van der Waals surface area contributed by atoms with E-state index in [9.17, 15) is 9.90 Å². The number of carbonyl (C=O) groups excluding carboxylic acids is 1. The van der Waals surface area contributed by atoms with Crippen molar-refractivity contribution in [2.45, 2.75) is 124 Å². The number of amides is 1. The van der Waals surface area contributed by atoms with E-state index in [1.165, 1.54) is 38.5 Å². The van der Waals surface area contributed by atoms with Crippen LogP contribution >= 0.6 is 0 Å². The van der Waals surface area contributed by atoms with Crippen molar-refractivity contribution in [3.8, 4) is 0 Å². The van der Waals surface area contributed by atoms with E-state index in [1.54, 1.807) is 6.92 Å². The van der Waals surface area contributed by atoms with Gasteiger partial charge in [0.2, 0.25) is 0 Å². The molecule has 1 amide bonds. The summed E-state index contributed by atoms with van der Waals surface area (Å²) in [6.07, 6.45) is 6.77. The third-order valence-corrected chi connectivity index (χ3v) is 7.49. The van der Waals surface area contributed by atoms with Crippen LogP contribution in [-0.2, 0) is 14.2 Å². The molecule has 6 heteroatoms. The second-order valence-electron chi connectivity index (χ2n) is 12.5. The van der Waals surface area contributed by atoms with Gasteiger partial charge in [-0.15, -0.1) is 0 Å². The predicted octanol–water partition coefficient (Wildman–Crippen LogP) is 5.27. The van der Waals surface area contributed by atoms with Crippen LogP contribution in [0.1, 0.15) is 93.4 Å². The van der Waals surface area contributed by atoms with Gasteiger partial charge in [0.15, 0.2) is 6.29 Å². The Morgan fingerprint density at radius 1 is 1.12 bits per heavy atom. The van der Waals surface area contributed by atoms with Crippen LogP contribution in [0.25, 0.3) is 0 Å². The summed E-state index contributed by atoms with van der Waals surface area (Å²) in [5, 5.41) is 13.4. The van der Waals surface area contributed by atoms with E-state index in [4.69, 9.17) is 14.2 Å². The van der Waals surface area contributed by atoms with Crippen LogP contribution < -0.4 is 5.32 Å². The third-order valence-electron chi connectivity index (χ3n) is 7.49. The highest BCUT2D eigenvalue weighted by molar-refractivity contribution is 5.68. The second kappa shape index (κ2) is 10.2. The maximum Gasteiger partial charge on any atom is 0.408 e. The summed E-state index contributed by atoms with van der Waals surface area (Å²) in [5.74, 6) is 3.04. The molecule has 186 valence electrons. The van der Waals surface area contributed by atoms with Crippen molar-refractivity contribution in [1.29, 1.82) is 0 Å². The lowest BCUT2D eigenvalue weighted by Gasteiger charge is -2.51. The fourth-order valence-corrected chi connectivity index (χ4v) is 6.06. The fourth-order valence-electron chi connectivity index (χ4n) is 6.06. The van der Waals surface area contributed by atoms with Crippen LogP contribution in [0, 0.1) is 29.1 Å². The fraction of sp³-hybridized carbons (Fsp3) is 0.962. The number of alkyl carbamates (subject to hydrolysis) is 1. The lowest BCUT2D eigenvalue weighted by molar-refractivity contribution is -0.207. The van der Waals surface area contributed by atoms with Crippen molar-refractivity contribution < 1.29 is 24.1 Å². The molecule has 2 N–H and O–H groups in total. The molecule has 4 aliphatic carbocycles. The van der Waals surface area contributed by atoms with Gasteiger partial charge in [0.1, 0.15) is 5.60 Å². The molecule has 4 saturated carbocycles. The van der Waals surface area contributed by atoms with E-state index >= 15 is 0 Å². The lowest BCUT2D eigenvalue weighted by Crippen LogP contribution is -2.51. The first-order valence-electron chi connectivity index (χ1n) is 12.8.